The van der Waals surface area contributed by atoms with E-state index in [1.807, 2.05) is 48.5 Å². The van der Waals surface area contributed by atoms with E-state index in [0.29, 0.717) is 23.4 Å². The van der Waals surface area contributed by atoms with Crippen LogP contribution in [0.3, 0.4) is 0 Å². The molecule has 142 valence electrons. The van der Waals surface area contributed by atoms with Crippen molar-refractivity contribution in [2.45, 2.75) is 13.0 Å². The molecular weight excluding hydrogens is 372 g/mol. The number of rotatable bonds is 7. The second kappa shape index (κ2) is 9.62. The van der Waals surface area contributed by atoms with Gasteiger partial charge in [0, 0.05) is 17.0 Å². The predicted octanol–water partition coefficient (Wildman–Crippen LogP) is 2.95. The summed E-state index contributed by atoms with van der Waals surface area (Å²) in [4.78, 5) is 37.6. The van der Waals surface area contributed by atoms with Gasteiger partial charge < -0.3 is 10.6 Å². The molecule has 2 amide bonds. The average molecular weight is 392 g/mol. The molecule has 6 heteroatoms. The van der Waals surface area contributed by atoms with Crippen molar-refractivity contribution in [2.24, 2.45) is 0 Å². The Hall–Kier alpha value is -3.25. The van der Waals surface area contributed by atoms with E-state index in [9.17, 15) is 14.4 Å². The van der Waals surface area contributed by atoms with Crippen molar-refractivity contribution in [1.29, 1.82) is 0 Å². The van der Waals surface area contributed by atoms with Crippen molar-refractivity contribution >= 4 is 28.9 Å². The molecule has 0 saturated heterocycles. The summed E-state index contributed by atoms with van der Waals surface area (Å²) in [6.45, 7) is 0.600. The van der Waals surface area contributed by atoms with Gasteiger partial charge in [0.2, 0.25) is 5.78 Å². The molecule has 2 N–H and O–H groups in total. The lowest BCUT2D eigenvalue weighted by molar-refractivity contribution is -0.139. The number of hydrogen-bond donors (Lipinski definition) is 2. The van der Waals surface area contributed by atoms with Crippen molar-refractivity contribution in [3.63, 3.8) is 0 Å². The summed E-state index contributed by atoms with van der Waals surface area (Å²) in [7, 11) is 0. The van der Waals surface area contributed by atoms with Gasteiger partial charge in [-0.15, -0.1) is 11.3 Å². The van der Waals surface area contributed by atoms with E-state index in [1.54, 1.807) is 24.3 Å². The summed E-state index contributed by atoms with van der Waals surface area (Å²) in [6, 6.07) is 22.3. The highest BCUT2D eigenvalue weighted by Crippen LogP contribution is 2.20. The molecule has 0 fully saturated rings. The van der Waals surface area contributed by atoms with Gasteiger partial charge in [0.15, 0.2) is 0 Å². The topological polar surface area (TPSA) is 75.3 Å². The van der Waals surface area contributed by atoms with Crippen LogP contribution in [0, 0.1) is 0 Å². The molecule has 1 aromatic heterocycles. The number of hydrogen-bond acceptors (Lipinski definition) is 4. The first kappa shape index (κ1) is 19.5. The SMILES string of the molecule is O=C(NCCc1ccccc1)C(=O)NCc1ccc(C(=O)c2ccccc2)s1. The summed E-state index contributed by atoms with van der Waals surface area (Å²) in [5.74, 6) is -1.40. The minimum atomic E-state index is -0.683. The molecular formula is C22H20N2O3S. The number of nitrogens with one attached hydrogen (secondary N) is 2. The van der Waals surface area contributed by atoms with Crippen molar-refractivity contribution in [3.05, 3.63) is 93.7 Å². The third-order valence-corrected chi connectivity index (χ3v) is 5.18. The van der Waals surface area contributed by atoms with Crippen molar-refractivity contribution in [1.82, 2.24) is 10.6 Å². The molecule has 0 atom stereocenters. The zero-order valence-corrected chi connectivity index (χ0v) is 16.0. The highest BCUT2D eigenvalue weighted by atomic mass is 32.1. The van der Waals surface area contributed by atoms with Crippen LogP contribution in [0.1, 0.15) is 25.7 Å². The molecule has 0 radical (unpaired) electrons. The maximum absolute atomic E-state index is 12.4. The number of ketones is 1. The second-order valence-corrected chi connectivity index (χ2v) is 7.30. The van der Waals surface area contributed by atoms with E-state index >= 15 is 0 Å². The van der Waals surface area contributed by atoms with Crippen LogP contribution in [0.2, 0.25) is 0 Å². The Balaban J connectivity index is 1.45. The smallest absolute Gasteiger partial charge is 0.309 e. The molecule has 1 heterocycles. The third-order valence-electron chi connectivity index (χ3n) is 4.09. The molecule has 0 aliphatic heterocycles. The molecule has 0 bridgehead atoms. The highest BCUT2D eigenvalue weighted by Gasteiger charge is 2.15. The second-order valence-electron chi connectivity index (χ2n) is 6.14. The minimum Gasteiger partial charge on any atom is -0.348 e. The van der Waals surface area contributed by atoms with Crippen molar-refractivity contribution in [3.8, 4) is 0 Å². The monoisotopic (exact) mass is 392 g/mol. The Morgan fingerprint density at radius 3 is 2.11 bits per heavy atom. The molecule has 3 rings (SSSR count). The van der Waals surface area contributed by atoms with E-state index < -0.39 is 11.8 Å². The van der Waals surface area contributed by atoms with Gasteiger partial charge >= 0.3 is 11.8 Å². The fraction of sp³-hybridized carbons (Fsp3) is 0.136. The van der Waals surface area contributed by atoms with Gasteiger partial charge in [-0.1, -0.05) is 60.7 Å². The van der Waals surface area contributed by atoms with Gasteiger partial charge in [-0.05, 0) is 24.1 Å². The first-order valence-electron chi connectivity index (χ1n) is 8.92. The molecule has 0 unspecified atom stereocenters. The first-order valence-corrected chi connectivity index (χ1v) is 9.73. The van der Waals surface area contributed by atoms with E-state index in [0.717, 1.165) is 10.4 Å². The summed E-state index contributed by atoms with van der Waals surface area (Å²) < 4.78 is 0. The number of carbonyl (C=O) groups is 3. The van der Waals surface area contributed by atoms with Gasteiger partial charge in [-0.2, -0.15) is 0 Å². The average Bonchev–Trinajstić information content (AvgIpc) is 3.22. The van der Waals surface area contributed by atoms with Crippen LogP contribution in [0.25, 0.3) is 0 Å². The van der Waals surface area contributed by atoms with E-state index in [-0.39, 0.29) is 12.3 Å². The predicted molar refractivity (Wildman–Crippen MR) is 109 cm³/mol. The van der Waals surface area contributed by atoms with Crippen LogP contribution >= 0.6 is 11.3 Å². The number of benzene rings is 2. The largest absolute Gasteiger partial charge is 0.348 e. The fourth-order valence-corrected chi connectivity index (χ4v) is 3.53. The molecule has 0 spiro atoms. The quantitative estimate of drug-likeness (QED) is 0.480. The van der Waals surface area contributed by atoms with Crippen LogP contribution in [-0.4, -0.2) is 24.1 Å². The minimum absolute atomic E-state index is 0.0539. The van der Waals surface area contributed by atoms with E-state index in [4.69, 9.17) is 0 Å². The summed E-state index contributed by atoms with van der Waals surface area (Å²) in [6.07, 6.45) is 0.662. The van der Waals surface area contributed by atoms with Crippen molar-refractivity contribution < 1.29 is 14.4 Å². The Morgan fingerprint density at radius 1 is 0.750 bits per heavy atom. The maximum atomic E-state index is 12.4. The lowest BCUT2D eigenvalue weighted by atomic mass is 10.1. The molecule has 0 saturated carbocycles. The summed E-state index contributed by atoms with van der Waals surface area (Å²) in [5, 5.41) is 5.20. The maximum Gasteiger partial charge on any atom is 0.309 e. The lowest BCUT2D eigenvalue weighted by Gasteiger charge is -2.06. The standard InChI is InChI=1S/C22H20N2O3S/c25-20(17-9-5-2-6-10-17)19-12-11-18(28-19)15-24-22(27)21(26)23-14-13-16-7-3-1-4-8-16/h1-12H,13-15H2,(H,23,26)(H,24,27). The van der Waals surface area contributed by atoms with E-state index in [2.05, 4.69) is 10.6 Å². The lowest BCUT2D eigenvalue weighted by Crippen LogP contribution is -2.40. The summed E-state index contributed by atoms with van der Waals surface area (Å²) >= 11 is 1.31. The van der Waals surface area contributed by atoms with Gasteiger partial charge in [-0.25, -0.2) is 0 Å². The first-order chi connectivity index (χ1) is 13.6. The molecule has 5 nitrogen and oxygen atoms in total. The molecule has 2 aromatic carbocycles. The van der Waals surface area contributed by atoms with E-state index in [1.165, 1.54) is 11.3 Å². The van der Waals surface area contributed by atoms with Crippen LogP contribution < -0.4 is 10.6 Å². The Bertz CT molecular complexity index is 952. The number of carbonyl (C=O) groups excluding carboxylic acids is 3. The number of thiophene rings is 1. The van der Waals surface area contributed by atoms with Gasteiger partial charge in [-0.3, -0.25) is 14.4 Å². The molecule has 0 aliphatic carbocycles. The van der Waals surface area contributed by atoms with Crippen LogP contribution in [-0.2, 0) is 22.6 Å². The Morgan fingerprint density at radius 2 is 1.39 bits per heavy atom. The molecule has 3 aromatic rings. The normalized spacial score (nSPS) is 10.3. The zero-order chi connectivity index (χ0) is 19.8. The fourth-order valence-electron chi connectivity index (χ4n) is 2.62. The van der Waals surface area contributed by atoms with Gasteiger partial charge in [0.1, 0.15) is 0 Å². The zero-order valence-electron chi connectivity index (χ0n) is 15.2. The Kier molecular flexibility index (Phi) is 6.70. The molecule has 0 aliphatic rings. The van der Waals surface area contributed by atoms with Crippen LogP contribution in [0.4, 0.5) is 0 Å². The van der Waals surface area contributed by atoms with Gasteiger partial charge in [0.05, 0.1) is 11.4 Å². The van der Waals surface area contributed by atoms with Gasteiger partial charge in [0.25, 0.3) is 0 Å². The van der Waals surface area contributed by atoms with Crippen molar-refractivity contribution in [2.75, 3.05) is 6.54 Å². The molecule has 28 heavy (non-hydrogen) atoms. The summed E-state index contributed by atoms with van der Waals surface area (Å²) in [5.41, 5.74) is 1.72. The third kappa shape index (κ3) is 5.37. The van der Waals surface area contributed by atoms with Crippen LogP contribution in [0.5, 0.6) is 0 Å². The Labute approximate surface area is 167 Å². The number of amides is 2. The van der Waals surface area contributed by atoms with Crippen LogP contribution in [0.15, 0.2) is 72.8 Å². The highest BCUT2D eigenvalue weighted by molar-refractivity contribution is 7.14.